The highest BCUT2D eigenvalue weighted by Crippen LogP contribution is 2.35. The molecule has 1 aromatic rings. The Kier molecular flexibility index (Phi) is 4.73. The molecule has 0 bridgehead atoms. The molecule has 0 radical (unpaired) electrons. The molecule has 1 aliphatic heterocycles. The molecule has 0 aliphatic carbocycles. The number of nitro benzene ring substituents is 1. The van der Waals surface area contributed by atoms with Crippen molar-refractivity contribution in [2.75, 3.05) is 11.9 Å². The number of hydrogen-bond donors (Lipinski definition) is 2. The molecule has 23 heavy (non-hydrogen) atoms. The Hall–Kier alpha value is -2.36. The first-order valence-electron chi connectivity index (χ1n) is 6.72. The highest BCUT2D eigenvalue weighted by Gasteiger charge is 2.33. The van der Waals surface area contributed by atoms with Crippen LogP contribution in [0.3, 0.4) is 0 Å². The summed E-state index contributed by atoms with van der Waals surface area (Å²) < 4.78 is 43.2. The van der Waals surface area contributed by atoms with E-state index in [1.165, 1.54) is 0 Å². The van der Waals surface area contributed by atoms with E-state index < -0.39 is 40.5 Å². The molecule has 2 rings (SSSR count). The lowest BCUT2D eigenvalue weighted by molar-refractivity contribution is -0.384. The van der Waals surface area contributed by atoms with E-state index in [1.807, 2.05) is 0 Å². The first-order valence-corrected chi connectivity index (χ1v) is 6.72. The molecular formula is C13H14F3N3O4. The van der Waals surface area contributed by atoms with E-state index in [0.29, 0.717) is 18.9 Å². The Morgan fingerprint density at radius 2 is 2.13 bits per heavy atom. The van der Waals surface area contributed by atoms with Gasteiger partial charge in [0.05, 0.1) is 16.6 Å². The number of anilines is 1. The second kappa shape index (κ2) is 6.41. The van der Waals surface area contributed by atoms with Gasteiger partial charge in [0.25, 0.3) is 5.69 Å². The lowest BCUT2D eigenvalue weighted by Crippen LogP contribution is -2.30. The number of amides is 1. The van der Waals surface area contributed by atoms with Crippen LogP contribution in [0.1, 0.15) is 18.4 Å². The minimum atomic E-state index is -4.66. The van der Waals surface area contributed by atoms with Crippen LogP contribution in [0.5, 0.6) is 0 Å². The minimum absolute atomic E-state index is 0.0471. The fourth-order valence-electron chi connectivity index (χ4n) is 2.30. The van der Waals surface area contributed by atoms with Crippen molar-refractivity contribution in [3.05, 3.63) is 33.9 Å². The number of carbonyl (C=O) groups is 1. The number of nitrogens with two attached hydrogens (primary N) is 1. The maximum absolute atomic E-state index is 12.6. The summed E-state index contributed by atoms with van der Waals surface area (Å²) in [6.07, 6.45) is -4.79. The number of carbonyl (C=O) groups excluding carboxylic acids is 1. The number of hydrogen-bond acceptors (Lipinski definition) is 5. The van der Waals surface area contributed by atoms with Crippen LogP contribution in [0.4, 0.5) is 24.5 Å². The molecule has 0 aromatic heterocycles. The van der Waals surface area contributed by atoms with Gasteiger partial charge in [0, 0.05) is 12.6 Å². The number of primary amides is 1. The Balaban J connectivity index is 2.08. The zero-order chi connectivity index (χ0) is 17.2. The Morgan fingerprint density at radius 3 is 2.65 bits per heavy atom. The third-order valence-corrected chi connectivity index (χ3v) is 3.47. The molecule has 0 spiro atoms. The third-order valence-electron chi connectivity index (χ3n) is 3.47. The molecule has 2 unspecified atom stereocenters. The van der Waals surface area contributed by atoms with Gasteiger partial charge in [-0.1, -0.05) is 0 Å². The average molecular weight is 333 g/mol. The molecule has 1 saturated heterocycles. The number of alkyl halides is 3. The molecule has 1 fully saturated rings. The van der Waals surface area contributed by atoms with Crippen LogP contribution in [-0.4, -0.2) is 29.6 Å². The van der Waals surface area contributed by atoms with Crippen LogP contribution in [0.2, 0.25) is 0 Å². The van der Waals surface area contributed by atoms with E-state index in [2.05, 4.69) is 5.32 Å². The van der Waals surface area contributed by atoms with Crippen molar-refractivity contribution in [3.8, 4) is 0 Å². The average Bonchev–Trinajstić information content (AvgIpc) is 2.92. The third kappa shape index (κ3) is 4.09. The predicted octanol–water partition coefficient (Wildman–Crippen LogP) is 2.06. The van der Waals surface area contributed by atoms with E-state index in [1.54, 1.807) is 0 Å². The first kappa shape index (κ1) is 17.0. The monoisotopic (exact) mass is 333 g/mol. The van der Waals surface area contributed by atoms with Gasteiger partial charge in [-0.3, -0.25) is 14.9 Å². The van der Waals surface area contributed by atoms with Gasteiger partial charge >= 0.3 is 6.18 Å². The summed E-state index contributed by atoms with van der Waals surface area (Å²) in [4.78, 5) is 21.0. The van der Waals surface area contributed by atoms with Gasteiger partial charge in [-0.25, -0.2) is 0 Å². The van der Waals surface area contributed by atoms with Crippen molar-refractivity contribution < 1.29 is 27.6 Å². The van der Waals surface area contributed by atoms with Gasteiger partial charge in [-0.2, -0.15) is 13.2 Å². The molecule has 3 N–H and O–H groups in total. The largest absolute Gasteiger partial charge is 0.416 e. The standard InChI is InChI=1S/C13H14F3N3O4/c14-13(15,16)7-1-3-9(10(5-7)19(21)22)18-6-8-2-4-11(23-8)12(17)20/h1,3,5,8,11,18H,2,4,6H2,(H2,17,20). The van der Waals surface area contributed by atoms with Gasteiger partial charge in [-0.05, 0) is 25.0 Å². The molecule has 1 heterocycles. The van der Waals surface area contributed by atoms with Gasteiger partial charge in [-0.15, -0.1) is 0 Å². The molecule has 126 valence electrons. The number of rotatable bonds is 5. The fourth-order valence-corrected chi connectivity index (χ4v) is 2.30. The lowest BCUT2D eigenvalue weighted by Gasteiger charge is -2.14. The van der Waals surface area contributed by atoms with Crippen molar-refractivity contribution in [1.29, 1.82) is 0 Å². The van der Waals surface area contributed by atoms with Crippen LogP contribution >= 0.6 is 0 Å². The summed E-state index contributed by atoms with van der Waals surface area (Å²) in [6, 6.07) is 2.24. The van der Waals surface area contributed by atoms with Gasteiger partial charge in [0.1, 0.15) is 11.8 Å². The van der Waals surface area contributed by atoms with E-state index in [-0.39, 0.29) is 12.2 Å². The minimum Gasteiger partial charge on any atom is -0.377 e. The van der Waals surface area contributed by atoms with E-state index in [4.69, 9.17) is 10.5 Å². The van der Waals surface area contributed by atoms with Gasteiger partial charge < -0.3 is 15.8 Å². The van der Waals surface area contributed by atoms with Gasteiger partial charge in [0.2, 0.25) is 5.91 Å². The molecule has 1 aromatic carbocycles. The lowest BCUT2D eigenvalue weighted by atomic mass is 10.1. The number of benzene rings is 1. The quantitative estimate of drug-likeness (QED) is 0.633. The molecule has 0 saturated carbocycles. The smallest absolute Gasteiger partial charge is 0.377 e. The SMILES string of the molecule is NC(=O)C1CCC(CNc2ccc(C(F)(F)F)cc2[N+](=O)[O-])O1. The summed E-state index contributed by atoms with van der Waals surface area (Å²) in [6.45, 7) is 0.121. The summed E-state index contributed by atoms with van der Waals surface area (Å²) in [5.41, 5.74) is 3.29. The second-order valence-corrected chi connectivity index (χ2v) is 5.09. The van der Waals surface area contributed by atoms with Crippen LogP contribution in [0.25, 0.3) is 0 Å². The number of nitrogens with one attached hydrogen (secondary N) is 1. The normalized spacial score (nSPS) is 21.2. The van der Waals surface area contributed by atoms with Crippen molar-refractivity contribution in [2.45, 2.75) is 31.2 Å². The molecule has 2 atom stereocenters. The summed E-state index contributed by atoms with van der Waals surface area (Å²) in [5, 5.41) is 13.6. The predicted molar refractivity (Wildman–Crippen MR) is 73.7 cm³/mol. The summed E-state index contributed by atoms with van der Waals surface area (Å²) in [7, 11) is 0. The Morgan fingerprint density at radius 1 is 1.43 bits per heavy atom. The molecule has 1 aliphatic rings. The first-order chi connectivity index (χ1) is 10.7. The topological polar surface area (TPSA) is 107 Å². The maximum atomic E-state index is 12.6. The highest BCUT2D eigenvalue weighted by molar-refractivity contribution is 5.79. The number of ether oxygens (including phenoxy) is 1. The molecule has 7 nitrogen and oxygen atoms in total. The Bertz CT molecular complexity index is 621. The molecule has 10 heteroatoms. The highest BCUT2D eigenvalue weighted by atomic mass is 19.4. The fraction of sp³-hybridized carbons (Fsp3) is 0.462. The summed E-state index contributed by atoms with van der Waals surface area (Å²) >= 11 is 0. The maximum Gasteiger partial charge on any atom is 0.416 e. The van der Waals surface area contributed by atoms with Crippen LogP contribution in [-0.2, 0) is 15.7 Å². The van der Waals surface area contributed by atoms with Crippen molar-refractivity contribution >= 4 is 17.3 Å². The van der Waals surface area contributed by atoms with Crippen molar-refractivity contribution in [3.63, 3.8) is 0 Å². The van der Waals surface area contributed by atoms with E-state index in [9.17, 15) is 28.1 Å². The van der Waals surface area contributed by atoms with E-state index in [0.717, 1.165) is 12.1 Å². The Labute approximate surface area is 128 Å². The zero-order valence-electron chi connectivity index (χ0n) is 11.8. The van der Waals surface area contributed by atoms with Gasteiger partial charge in [0.15, 0.2) is 0 Å². The van der Waals surface area contributed by atoms with Crippen LogP contribution in [0.15, 0.2) is 18.2 Å². The number of nitro groups is 1. The second-order valence-electron chi connectivity index (χ2n) is 5.09. The van der Waals surface area contributed by atoms with Crippen LogP contribution in [0, 0.1) is 10.1 Å². The number of nitrogens with zero attached hydrogens (tertiary/aromatic N) is 1. The van der Waals surface area contributed by atoms with E-state index >= 15 is 0 Å². The number of halogens is 3. The zero-order valence-corrected chi connectivity index (χ0v) is 11.8. The van der Waals surface area contributed by atoms with Crippen LogP contribution < -0.4 is 11.1 Å². The van der Waals surface area contributed by atoms with Crippen molar-refractivity contribution in [2.24, 2.45) is 5.73 Å². The van der Waals surface area contributed by atoms with Crippen molar-refractivity contribution in [1.82, 2.24) is 0 Å². The molecular weight excluding hydrogens is 319 g/mol. The molecule has 1 amide bonds. The summed E-state index contributed by atoms with van der Waals surface area (Å²) in [5.74, 6) is -0.590.